The summed E-state index contributed by atoms with van der Waals surface area (Å²) in [5.41, 5.74) is 2.29. The smallest absolute Gasteiger partial charge is 0.148 e. The fraction of sp³-hybridized carbons (Fsp3) is 0.429. The summed E-state index contributed by atoms with van der Waals surface area (Å²) < 4.78 is 6.85. The molecule has 0 atom stereocenters. The van der Waals surface area contributed by atoms with E-state index in [9.17, 15) is 0 Å². The Bertz CT molecular complexity index is 519. The second-order valence-electron chi connectivity index (χ2n) is 4.45. The average Bonchev–Trinajstić information content (AvgIpc) is 2.75. The third-order valence-electron chi connectivity index (χ3n) is 2.87. The maximum absolute atomic E-state index is 4.99. The van der Waals surface area contributed by atoms with E-state index in [2.05, 4.69) is 39.7 Å². The number of aryl methyl sites for hydroxylation is 2. The zero-order valence-electron chi connectivity index (χ0n) is 11.7. The normalized spacial score (nSPS) is 10.9. The van der Waals surface area contributed by atoms with Crippen LogP contribution in [0.1, 0.15) is 17.2 Å². The van der Waals surface area contributed by atoms with Crippen molar-refractivity contribution in [3.8, 4) is 5.69 Å². The summed E-state index contributed by atoms with van der Waals surface area (Å²) in [6, 6.07) is 8.33. The van der Waals surface area contributed by atoms with Gasteiger partial charge in [0, 0.05) is 20.2 Å². The number of methoxy groups -OCH3 is 1. The molecular weight excluding hydrogens is 240 g/mol. The molecule has 0 aliphatic carbocycles. The summed E-state index contributed by atoms with van der Waals surface area (Å²) in [7, 11) is 1.71. The van der Waals surface area contributed by atoms with Gasteiger partial charge in [-0.1, -0.05) is 12.1 Å². The van der Waals surface area contributed by atoms with Crippen LogP contribution < -0.4 is 5.32 Å². The highest BCUT2D eigenvalue weighted by atomic mass is 16.5. The molecule has 2 rings (SSSR count). The van der Waals surface area contributed by atoms with Crippen LogP contribution in [-0.4, -0.2) is 35.0 Å². The molecule has 0 fully saturated rings. The molecule has 2 aromatic rings. The molecule has 5 heteroatoms. The van der Waals surface area contributed by atoms with Crippen molar-refractivity contribution in [3.05, 3.63) is 41.5 Å². The first-order valence-corrected chi connectivity index (χ1v) is 6.40. The zero-order chi connectivity index (χ0) is 13.7. The van der Waals surface area contributed by atoms with Gasteiger partial charge in [0.15, 0.2) is 0 Å². The molecule has 102 valence electrons. The van der Waals surface area contributed by atoms with Gasteiger partial charge >= 0.3 is 0 Å². The van der Waals surface area contributed by atoms with Crippen molar-refractivity contribution in [1.29, 1.82) is 0 Å². The molecule has 1 aromatic heterocycles. The lowest BCUT2D eigenvalue weighted by Crippen LogP contribution is -2.18. The lowest BCUT2D eigenvalue weighted by Gasteiger charge is -2.06. The van der Waals surface area contributed by atoms with Crippen molar-refractivity contribution in [2.45, 2.75) is 20.4 Å². The van der Waals surface area contributed by atoms with Crippen LogP contribution in [0.15, 0.2) is 24.3 Å². The van der Waals surface area contributed by atoms with Crippen molar-refractivity contribution in [2.24, 2.45) is 0 Å². The summed E-state index contributed by atoms with van der Waals surface area (Å²) in [6.07, 6.45) is 0. The number of benzene rings is 1. The van der Waals surface area contributed by atoms with E-state index < -0.39 is 0 Å². The van der Waals surface area contributed by atoms with E-state index in [0.717, 1.165) is 37.0 Å². The van der Waals surface area contributed by atoms with Crippen molar-refractivity contribution in [3.63, 3.8) is 0 Å². The molecule has 0 unspecified atom stereocenters. The highest BCUT2D eigenvalue weighted by Gasteiger charge is 2.04. The molecule has 1 N–H and O–H groups in total. The molecule has 0 saturated carbocycles. The molecule has 0 radical (unpaired) electrons. The molecule has 19 heavy (non-hydrogen) atoms. The Morgan fingerprint density at radius 2 is 1.95 bits per heavy atom. The topological polar surface area (TPSA) is 52.0 Å². The first-order valence-electron chi connectivity index (χ1n) is 6.40. The Balaban J connectivity index is 2.00. The fourth-order valence-corrected chi connectivity index (χ4v) is 1.93. The molecule has 0 spiro atoms. The summed E-state index contributed by atoms with van der Waals surface area (Å²) in [4.78, 5) is 4.31. The fourth-order valence-electron chi connectivity index (χ4n) is 1.93. The van der Waals surface area contributed by atoms with E-state index >= 15 is 0 Å². The SMILES string of the molecule is COCCNCc1ccc(-n2nc(C)nc2C)cc1. The maximum atomic E-state index is 4.99. The summed E-state index contributed by atoms with van der Waals surface area (Å²) in [5.74, 6) is 1.70. The van der Waals surface area contributed by atoms with Gasteiger partial charge in [-0.15, -0.1) is 0 Å². The van der Waals surface area contributed by atoms with Gasteiger partial charge < -0.3 is 10.1 Å². The number of ether oxygens (including phenoxy) is 1. The number of nitrogens with zero attached hydrogens (tertiary/aromatic N) is 3. The molecule has 5 nitrogen and oxygen atoms in total. The molecule has 0 amide bonds. The van der Waals surface area contributed by atoms with Gasteiger partial charge in [0.05, 0.1) is 12.3 Å². The second-order valence-corrected chi connectivity index (χ2v) is 4.45. The Morgan fingerprint density at radius 3 is 2.53 bits per heavy atom. The van der Waals surface area contributed by atoms with Gasteiger partial charge in [-0.05, 0) is 31.5 Å². The Labute approximate surface area is 113 Å². The van der Waals surface area contributed by atoms with Crippen LogP contribution in [0, 0.1) is 13.8 Å². The second kappa shape index (κ2) is 6.45. The van der Waals surface area contributed by atoms with Crippen LogP contribution in [0.4, 0.5) is 0 Å². The van der Waals surface area contributed by atoms with E-state index in [1.54, 1.807) is 7.11 Å². The number of aromatic nitrogens is 3. The zero-order valence-corrected chi connectivity index (χ0v) is 11.7. The van der Waals surface area contributed by atoms with Crippen LogP contribution in [0.5, 0.6) is 0 Å². The summed E-state index contributed by atoms with van der Waals surface area (Å²) in [6.45, 7) is 6.30. The third-order valence-corrected chi connectivity index (χ3v) is 2.87. The molecule has 0 bridgehead atoms. The van der Waals surface area contributed by atoms with Gasteiger partial charge in [-0.2, -0.15) is 5.10 Å². The quantitative estimate of drug-likeness (QED) is 0.802. The van der Waals surface area contributed by atoms with Crippen molar-refractivity contribution < 1.29 is 4.74 Å². The van der Waals surface area contributed by atoms with E-state index in [0.29, 0.717) is 0 Å². The van der Waals surface area contributed by atoms with E-state index in [4.69, 9.17) is 4.74 Å². The summed E-state index contributed by atoms with van der Waals surface area (Å²) in [5, 5.41) is 7.69. The standard InChI is InChI=1S/C14H20N4O/c1-11-16-12(2)18(17-11)14-6-4-13(5-7-14)10-15-8-9-19-3/h4-7,15H,8-10H2,1-3H3. The van der Waals surface area contributed by atoms with Crippen molar-refractivity contribution >= 4 is 0 Å². The first-order chi connectivity index (χ1) is 9.20. The Hall–Kier alpha value is -1.72. The van der Waals surface area contributed by atoms with E-state index in [1.807, 2.05) is 18.5 Å². The van der Waals surface area contributed by atoms with Gasteiger partial charge in [0.25, 0.3) is 0 Å². The minimum atomic E-state index is 0.732. The Morgan fingerprint density at radius 1 is 1.21 bits per heavy atom. The third kappa shape index (κ3) is 3.62. The molecule has 0 saturated heterocycles. The maximum Gasteiger partial charge on any atom is 0.148 e. The van der Waals surface area contributed by atoms with Crippen molar-refractivity contribution in [1.82, 2.24) is 20.1 Å². The van der Waals surface area contributed by atoms with Gasteiger partial charge in [-0.3, -0.25) is 0 Å². The van der Waals surface area contributed by atoms with Gasteiger partial charge in [-0.25, -0.2) is 9.67 Å². The molecule has 1 heterocycles. The van der Waals surface area contributed by atoms with E-state index in [1.165, 1.54) is 5.56 Å². The average molecular weight is 260 g/mol. The lowest BCUT2D eigenvalue weighted by molar-refractivity contribution is 0.199. The number of rotatable bonds is 6. The van der Waals surface area contributed by atoms with Crippen LogP contribution in [-0.2, 0) is 11.3 Å². The van der Waals surface area contributed by atoms with Crippen LogP contribution >= 0.6 is 0 Å². The number of hydrogen-bond donors (Lipinski definition) is 1. The predicted molar refractivity (Wildman–Crippen MR) is 74.4 cm³/mol. The largest absolute Gasteiger partial charge is 0.383 e. The highest BCUT2D eigenvalue weighted by Crippen LogP contribution is 2.11. The van der Waals surface area contributed by atoms with Crippen LogP contribution in [0.25, 0.3) is 5.69 Å². The Kier molecular flexibility index (Phi) is 4.65. The molecular formula is C14H20N4O. The van der Waals surface area contributed by atoms with E-state index in [-0.39, 0.29) is 0 Å². The molecule has 1 aromatic carbocycles. The first kappa shape index (κ1) is 13.7. The monoisotopic (exact) mass is 260 g/mol. The summed E-state index contributed by atoms with van der Waals surface area (Å²) >= 11 is 0. The van der Waals surface area contributed by atoms with Gasteiger partial charge in [0.2, 0.25) is 0 Å². The van der Waals surface area contributed by atoms with Gasteiger partial charge in [0.1, 0.15) is 11.6 Å². The molecule has 0 aliphatic heterocycles. The number of nitrogens with one attached hydrogen (secondary N) is 1. The van der Waals surface area contributed by atoms with Crippen LogP contribution in [0.2, 0.25) is 0 Å². The molecule has 0 aliphatic rings. The predicted octanol–water partition coefficient (Wildman–Crippen LogP) is 1.62. The minimum Gasteiger partial charge on any atom is -0.383 e. The highest BCUT2D eigenvalue weighted by molar-refractivity contribution is 5.34. The lowest BCUT2D eigenvalue weighted by atomic mass is 10.2. The van der Waals surface area contributed by atoms with Crippen molar-refractivity contribution in [2.75, 3.05) is 20.3 Å². The number of hydrogen-bond acceptors (Lipinski definition) is 4. The van der Waals surface area contributed by atoms with Crippen LogP contribution in [0.3, 0.4) is 0 Å². The minimum absolute atomic E-state index is 0.732.